The molecule has 9 nitrogen and oxygen atoms in total. The van der Waals surface area contributed by atoms with Crippen LogP contribution in [0.25, 0.3) is 5.69 Å². The van der Waals surface area contributed by atoms with E-state index in [0.717, 1.165) is 31.0 Å². The highest BCUT2D eigenvalue weighted by molar-refractivity contribution is 6.08. The molecule has 0 aliphatic carbocycles. The van der Waals surface area contributed by atoms with Gasteiger partial charge in [0.2, 0.25) is 0 Å². The van der Waals surface area contributed by atoms with Crippen LogP contribution in [0.5, 0.6) is 0 Å². The first-order valence-corrected chi connectivity index (χ1v) is 12.0. The molecule has 1 unspecified atom stereocenters. The van der Waals surface area contributed by atoms with Crippen LogP contribution >= 0.6 is 0 Å². The van der Waals surface area contributed by atoms with E-state index >= 15 is 0 Å². The SMILES string of the molecule is CC(C)N=Cc1c(N)ccc(NC(=O)c2ccc(=O)n(-c3c(F)cccc3F)n2)c1N1CCCC(N)C1. The van der Waals surface area contributed by atoms with E-state index in [4.69, 9.17) is 11.5 Å². The number of hydrogen-bond donors (Lipinski definition) is 3. The highest BCUT2D eigenvalue weighted by Gasteiger charge is 2.25. The number of nitrogens with two attached hydrogens (primary N) is 2. The minimum absolute atomic E-state index is 0.0261. The molecule has 1 amide bonds. The number of para-hydroxylation sites is 1. The van der Waals surface area contributed by atoms with Gasteiger partial charge in [0.1, 0.15) is 11.4 Å². The summed E-state index contributed by atoms with van der Waals surface area (Å²) in [6.07, 6.45) is 3.43. The number of nitrogen functional groups attached to an aromatic ring is 1. The minimum Gasteiger partial charge on any atom is -0.398 e. The fraction of sp³-hybridized carbons (Fsp3) is 0.308. The van der Waals surface area contributed by atoms with E-state index in [0.29, 0.717) is 40.4 Å². The van der Waals surface area contributed by atoms with Crippen molar-refractivity contribution < 1.29 is 13.6 Å². The van der Waals surface area contributed by atoms with Gasteiger partial charge in [-0.05, 0) is 57.0 Å². The number of hydrogen-bond acceptors (Lipinski definition) is 7. The van der Waals surface area contributed by atoms with Crippen molar-refractivity contribution >= 4 is 29.2 Å². The third kappa shape index (κ3) is 5.67. The first-order chi connectivity index (χ1) is 17.7. The van der Waals surface area contributed by atoms with Crippen LogP contribution < -0.4 is 27.2 Å². The lowest BCUT2D eigenvalue weighted by atomic mass is 10.0. The zero-order valence-corrected chi connectivity index (χ0v) is 20.6. The van der Waals surface area contributed by atoms with Crippen LogP contribution in [0.15, 0.2) is 52.3 Å². The van der Waals surface area contributed by atoms with Crippen molar-refractivity contribution in [1.82, 2.24) is 9.78 Å². The van der Waals surface area contributed by atoms with Crippen molar-refractivity contribution in [3.63, 3.8) is 0 Å². The maximum atomic E-state index is 14.3. The van der Waals surface area contributed by atoms with Gasteiger partial charge in [-0.1, -0.05) is 6.07 Å². The van der Waals surface area contributed by atoms with Crippen LogP contribution in [0.3, 0.4) is 0 Å². The molecular weight excluding hydrogens is 480 g/mol. The third-order valence-corrected chi connectivity index (χ3v) is 5.96. The zero-order chi connectivity index (χ0) is 26.7. The molecular formula is C26H29F2N7O2. The molecule has 1 atom stereocenters. The quantitative estimate of drug-likeness (QED) is 0.346. The van der Waals surface area contributed by atoms with Crippen molar-refractivity contribution in [3.05, 3.63) is 75.7 Å². The minimum atomic E-state index is -0.983. The number of amides is 1. The molecule has 1 saturated heterocycles. The number of aliphatic imine (C=N–C) groups is 1. The molecule has 0 bridgehead atoms. The number of carbonyl (C=O) groups excluding carboxylic acids is 1. The summed E-state index contributed by atoms with van der Waals surface area (Å²) in [5, 5.41) is 6.76. The van der Waals surface area contributed by atoms with Crippen LogP contribution in [0.4, 0.5) is 25.8 Å². The molecule has 0 radical (unpaired) electrons. The van der Waals surface area contributed by atoms with Crippen molar-refractivity contribution in [2.75, 3.05) is 29.0 Å². The number of carbonyl (C=O) groups is 1. The second-order valence-corrected chi connectivity index (χ2v) is 9.18. The van der Waals surface area contributed by atoms with E-state index in [1.54, 1.807) is 18.3 Å². The lowest BCUT2D eigenvalue weighted by Crippen LogP contribution is -2.43. The Balaban J connectivity index is 1.75. The van der Waals surface area contributed by atoms with Gasteiger partial charge in [-0.15, -0.1) is 0 Å². The Bertz CT molecular complexity index is 1380. The number of rotatable bonds is 6. The molecule has 1 fully saturated rings. The molecule has 3 aromatic rings. The number of aromatic nitrogens is 2. The fourth-order valence-corrected chi connectivity index (χ4v) is 4.21. The zero-order valence-electron chi connectivity index (χ0n) is 20.6. The summed E-state index contributed by atoms with van der Waals surface area (Å²) in [5.74, 6) is -2.64. The topological polar surface area (TPSA) is 132 Å². The summed E-state index contributed by atoms with van der Waals surface area (Å²) in [5.41, 5.74) is 13.1. The number of nitrogens with one attached hydrogen (secondary N) is 1. The maximum absolute atomic E-state index is 14.3. The summed E-state index contributed by atoms with van der Waals surface area (Å²) in [6.45, 7) is 5.14. The number of halogens is 2. The molecule has 5 N–H and O–H groups in total. The predicted octanol–water partition coefficient (Wildman–Crippen LogP) is 3.10. The molecule has 1 aliphatic heterocycles. The summed E-state index contributed by atoms with van der Waals surface area (Å²) in [7, 11) is 0. The van der Waals surface area contributed by atoms with Gasteiger partial charge in [-0.2, -0.15) is 9.78 Å². The van der Waals surface area contributed by atoms with Gasteiger partial charge in [0.15, 0.2) is 11.6 Å². The normalized spacial score (nSPS) is 15.9. The van der Waals surface area contributed by atoms with Crippen molar-refractivity contribution in [3.8, 4) is 5.69 Å². The first-order valence-electron chi connectivity index (χ1n) is 12.0. The van der Waals surface area contributed by atoms with Gasteiger partial charge >= 0.3 is 0 Å². The second-order valence-electron chi connectivity index (χ2n) is 9.18. The monoisotopic (exact) mass is 509 g/mol. The highest BCUT2D eigenvalue weighted by Crippen LogP contribution is 2.35. The van der Waals surface area contributed by atoms with Gasteiger partial charge in [0.25, 0.3) is 11.5 Å². The van der Waals surface area contributed by atoms with Crippen LogP contribution in [0.1, 0.15) is 42.7 Å². The van der Waals surface area contributed by atoms with Gasteiger partial charge < -0.3 is 21.7 Å². The summed E-state index contributed by atoms with van der Waals surface area (Å²) in [6, 6.07) is 8.71. The van der Waals surface area contributed by atoms with Crippen molar-refractivity contribution in [2.24, 2.45) is 10.7 Å². The Morgan fingerprint density at radius 2 is 1.89 bits per heavy atom. The summed E-state index contributed by atoms with van der Waals surface area (Å²) < 4.78 is 29.2. The molecule has 1 aromatic heterocycles. The smallest absolute Gasteiger partial charge is 0.276 e. The highest BCUT2D eigenvalue weighted by atomic mass is 19.1. The molecule has 1 aliphatic rings. The molecule has 0 spiro atoms. The van der Waals surface area contributed by atoms with Gasteiger partial charge in [-0.3, -0.25) is 14.6 Å². The number of benzene rings is 2. The Kier molecular flexibility index (Phi) is 7.63. The lowest BCUT2D eigenvalue weighted by molar-refractivity contribution is 0.102. The Hall–Kier alpha value is -4.12. The largest absolute Gasteiger partial charge is 0.398 e. The average Bonchev–Trinajstić information content (AvgIpc) is 2.85. The predicted molar refractivity (Wildman–Crippen MR) is 141 cm³/mol. The molecule has 4 rings (SSSR count). The average molecular weight is 510 g/mol. The van der Waals surface area contributed by atoms with Crippen LogP contribution in [-0.4, -0.2) is 47.1 Å². The van der Waals surface area contributed by atoms with E-state index < -0.39 is 28.8 Å². The van der Waals surface area contributed by atoms with E-state index in [2.05, 4.69) is 20.3 Å². The molecule has 11 heteroatoms. The van der Waals surface area contributed by atoms with E-state index in [1.807, 2.05) is 13.8 Å². The van der Waals surface area contributed by atoms with Gasteiger partial charge in [-0.25, -0.2) is 8.78 Å². The summed E-state index contributed by atoms with van der Waals surface area (Å²) in [4.78, 5) is 32.1. The first kappa shape index (κ1) is 26.0. The van der Waals surface area contributed by atoms with E-state index in [9.17, 15) is 18.4 Å². The van der Waals surface area contributed by atoms with E-state index in [1.165, 1.54) is 12.1 Å². The van der Waals surface area contributed by atoms with Crippen LogP contribution in [0, 0.1) is 11.6 Å². The van der Waals surface area contributed by atoms with Gasteiger partial charge in [0.05, 0.1) is 11.4 Å². The standard InChI is InChI=1S/C26H29F2N7O2/c1-15(2)31-13-17-20(30)8-9-21(24(17)34-12-4-5-16(29)14-34)32-26(37)22-10-11-23(36)35(33-22)25-18(27)6-3-7-19(25)28/h3,6-11,13,15-16H,4-5,12,14,29-30H2,1-2H3,(H,32,37). The molecule has 2 heterocycles. The van der Waals surface area contributed by atoms with Crippen LogP contribution in [0.2, 0.25) is 0 Å². The number of piperidine rings is 1. The van der Waals surface area contributed by atoms with E-state index in [-0.39, 0.29) is 17.8 Å². The van der Waals surface area contributed by atoms with Crippen molar-refractivity contribution in [2.45, 2.75) is 38.8 Å². The second kappa shape index (κ2) is 10.9. The summed E-state index contributed by atoms with van der Waals surface area (Å²) >= 11 is 0. The third-order valence-electron chi connectivity index (χ3n) is 5.96. The molecule has 194 valence electrons. The Labute approximate surface area is 212 Å². The number of anilines is 3. The number of nitrogens with zero attached hydrogens (tertiary/aromatic N) is 4. The van der Waals surface area contributed by atoms with Gasteiger partial charge in [0, 0.05) is 48.7 Å². The van der Waals surface area contributed by atoms with Crippen LogP contribution in [-0.2, 0) is 0 Å². The fourth-order valence-electron chi connectivity index (χ4n) is 4.21. The Morgan fingerprint density at radius 1 is 1.16 bits per heavy atom. The molecule has 0 saturated carbocycles. The lowest BCUT2D eigenvalue weighted by Gasteiger charge is -2.35. The molecule has 37 heavy (non-hydrogen) atoms. The Morgan fingerprint density at radius 3 is 2.57 bits per heavy atom. The maximum Gasteiger partial charge on any atom is 0.276 e. The van der Waals surface area contributed by atoms with Crippen molar-refractivity contribution in [1.29, 1.82) is 0 Å². The molecule has 2 aromatic carbocycles.